The Balaban J connectivity index is 1.69. The van der Waals surface area contributed by atoms with Crippen molar-refractivity contribution in [1.29, 1.82) is 0 Å². The maximum Gasteiger partial charge on any atom is 0.177 e. The molecule has 7 nitrogen and oxygen atoms in total. The summed E-state index contributed by atoms with van der Waals surface area (Å²) < 4.78 is 26.4. The quantitative estimate of drug-likeness (QED) is 0.457. The Morgan fingerprint density at radius 1 is 0.968 bits per heavy atom. The molecule has 8 heteroatoms. The molecule has 0 saturated heterocycles. The number of aryl methyl sites for hydroxylation is 1. The van der Waals surface area contributed by atoms with E-state index in [1.807, 2.05) is 48.1 Å². The van der Waals surface area contributed by atoms with Gasteiger partial charge in [-0.05, 0) is 42.5 Å². The lowest BCUT2D eigenvalue weighted by atomic mass is 10.1. The van der Waals surface area contributed by atoms with Crippen molar-refractivity contribution < 1.29 is 8.42 Å². The van der Waals surface area contributed by atoms with Gasteiger partial charge in [-0.15, -0.1) is 0 Å². The van der Waals surface area contributed by atoms with E-state index in [1.165, 1.54) is 6.26 Å². The fourth-order valence-corrected chi connectivity index (χ4v) is 4.52. The summed E-state index contributed by atoms with van der Waals surface area (Å²) in [5.41, 5.74) is 5.07. The molecule has 3 heterocycles. The summed E-state index contributed by atoms with van der Waals surface area (Å²) in [5.74, 6) is 0. The molecule has 31 heavy (non-hydrogen) atoms. The molecule has 1 N–H and O–H groups in total. The van der Waals surface area contributed by atoms with Gasteiger partial charge >= 0.3 is 0 Å². The summed E-state index contributed by atoms with van der Waals surface area (Å²) in [5, 5.41) is 4.30. The monoisotopic (exact) mass is 429 g/mol. The third-order valence-corrected chi connectivity index (χ3v) is 6.29. The van der Waals surface area contributed by atoms with Gasteiger partial charge in [-0.1, -0.05) is 12.1 Å². The Hall–Kier alpha value is -3.78. The number of nitrogens with one attached hydrogen (secondary N) is 1. The standard InChI is InChI=1S/C23H19N5O2S/c1-28-12-9-15-7-8-18(27-23(15)28)17-13-16(14-20-22(17)25-11-10-24-20)26-19-5-3-4-6-21(19)31(2,29)30/h3-14,26H,1-2H3. The summed E-state index contributed by atoms with van der Waals surface area (Å²) in [6, 6.07) is 16.6. The summed E-state index contributed by atoms with van der Waals surface area (Å²) in [6.07, 6.45) is 6.45. The zero-order valence-corrected chi connectivity index (χ0v) is 17.8. The number of pyridine rings is 1. The fraction of sp³-hybridized carbons (Fsp3) is 0.0870. The zero-order chi connectivity index (χ0) is 21.6. The summed E-state index contributed by atoms with van der Waals surface area (Å²) >= 11 is 0. The number of fused-ring (bicyclic) bond motifs is 2. The lowest BCUT2D eigenvalue weighted by Gasteiger charge is -2.13. The van der Waals surface area contributed by atoms with Crippen LogP contribution in [0, 0.1) is 0 Å². The average Bonchev–Trinajstić information content (AvgIpc) is 3.13. The average molecular weight is 430 g/mol. The Labute approximate surface area is 179 Å². The van der Waals surface area contributed by atoms with E-state index in [0.29, 0.717) is 16.9 Å². The molecule has 0 bridgehead atoms. The Morgan fingerprint density at radius 2 is 1.77 bits per heavy atom. The number of rotatable bonds is 4. The molecule has 0 aliphatic carbocycles. The van der Waals surface area contributed by atoms with Crippen molar-refractivity contribution in [3.63, 3.8) is 0 Å². The summed E-state index contributed by atoms with van der Waals surface area (Å²) in [4.78, 5) is 14.0. The minimum absolute atomic E-state index is 0.235. The molecule has 0 aliphatic rings. The van der Waals surface area contributed by atoms with Crippen LogP contribution < -0.4 is 5.32 Å². The van der Waals surface area contributed by atoms with Gasteiger partial charge in [0.05, 0.1) is 27.3 Å². The minimum atomic E-state index is -3.39. The molecule has 0 saturated carbocycles. The molecule has 2 aromatic carbocycles. The number of para-hydroxylation sites is 1. The number of aromatic nitrogens is 4. The molecule has 0 fully saturated rings. The van der Waals surface area contributed by atoms with Gasteiger partial charge in [-0.3, -0.25) is 9.97 Å². The second kappa shape index (κ2) is 7.17. The van der Waals surface area contributed by atoms with Crippen molar-refractivity contribution in [2.75, 3.05) is 11.6 Å². The van der Waals surface area contributed by atoms with Gasteiger partial charge in [0.1, 0.15) is 5.65 Å². The van der Waals surface area contributed by atoms with Crippen LogP contribution in [0.25, 0.3) is 33.3 Å². The van der Waals surface area contributed by atoms with Crippen molar-refractivity contribution in [3.8, 4) is 11.3 Å². The van der Waals surface area contributed by atoms with Crippen LogP contribution in [0.1, 0.15) is 0 Å². The SMILES string of the molecule is Cn1ccc2ccc(-c3cc(Nc4ccccc4S(C)(=O)=O)cc4nccnc34)nc21. The minimum Gasteiger partial charge on any atom is -0.354 e. The highest BCUT2D eigenvalue weighted by Crippen LogP contribution is 2.32. The topological polar surface area (TPSA) is 89.8 Å². The van der Waals surface area contributed by atoms with E-state index in [2.05, 4.69) is 15.3 Å². The predicted octanol–water partition coefficient (Wildman–Crippen LogP) is 4.33. The number of sulfone groups is 1. The summed E-state index contributed by atoms with van der Waals surface area (Å²) in [7, 11) is -1.43. The lowest BCUT2D eigenvalue weighted by Crippen LogP contribution is -2.03. The van der Waals surface area contributed by atoms with Crippen LogP contribution in [0.15, 0.2) is 78.1 Å². The molecule has 0 radical (unpaired) electrons. The second-order valence-corrected chi connectivity index (χ2v) is 9.36. The van der Waals surface area contributed by atoms with Gasteiger partial charge < -0.3 is 9.88 Å². The molecule has 154 valence electrons. The van der Waals surface area contributed by atoms with Crippen LogP contribution in [-0.4, -0.2) is 34.2 Å². The van der Waals surface area contributed by atoms with Gasteiger partial charge in [0.25, 0.3) is 0 Å². The van der Waals surface area contributed by atoms with E-state index in [1.54, 1.807) is 36.7 Å². The van der Waals surface area contributed by atoms with E-state index >= 15 is 0 Å². The van der Waals surface area contributed by atoms with E-state index in [9.17, 15) is 8.42 Å². The van der Waals surface area contributed by atoms with Crippen LogP contribution in [0.2, 0.25) is 0 Å². The third kappa shape index (κ3) is 3.51. The van der Waals surface area contributed by atoms with Crippen molar-refractivity contribution in [2.24, 2.45) is 7.05 Å². The summed E-state index contributed by atoms with van der Waals surface area (Å²) in [6.45, 7) is 0. The van der Waals surface area contributed by atoms with E-state index < -0.39 is 9.84 Å². The normalized spacial score (nSPS) is 11.8. The largest absolute Gasteiger partial charge is 0.354 e. The molecule has 5 aromatic rings. The molecular formula is C23H19N5O2S. The highest BCUT2D eigenvalue weighted by atomic mass is 32.2. The van der Waals surface area contributed by atoms with Gasteiger partial charge in [0.15, 0.2) is 9.84 Å². The van der Waals surface area contributed by atoms with Crippen molar-refractivity contribution in [3.05, 3.63) is 73.2 Å². The first-order chi connectivity index (χ1) is 14.9. The number of hydrogen-bond acceptors (Lipinski definition) is 6. The third-order valence-electron chi connectivity index (χ3n) is 5.13. The highest BCUT2D eigenvalue weighted by molar-refractivity contribution is 7.90. The molecular weight excluding hydrogens is 410 g/mol. The smallest absolute Gasteiger partial charge is 0.177 e. The fourth-order valence-electron chi connectivity index (χ4n) is 3.68. The molecule has 0 spiro atoms. The maximum absolute atomic E-state index is 12.2. The van der Waals surface area contributed by atoms with Crippen LogP contribution in [-0.2, 0) is 16.9 Å². The molecule has 0 amide bonds. The van der Waals surface area contributed by atoms with Crippen molar-refractivity contribution >= 4 is 43.3 Å². The van der Waals surface area contributed by atoms with E-state index in [-0.39, 0.29) is 4.90 Å². The number of benzene rings is 2. The molecule has 0 unspecified atom stereocenters. The molecule has 5 rings (SSSR count). The molecule has 0 atom stereocenters. The van der Waals surface area contributed by atoms with E-state index in [4.69, 9.17) is 4.98 Å². The van der Waals surface area contributed by atoms with Crippen LogP contribution in [0.3, 0.4) is 0 Å². The first-order valence-corrected chi connectivity index (χ1v) is 11.5. The van der Waals surface area contributed by atoms with Gasteiger partial charge in [-0.2, -0.15) is 0 Å². The second-order valence-electron chi connectivity index (χ2n) is 7.38. The van der Waals surface area contributed by atoms with Gasteiger partial charge in [0.2, 0.25) is 0 Å². The van der Waals surface area contributed by atoms with Crippen molar-refractivity contribution in [2.45, 2.75) is 4.90 Å². The number of anilines is 2. The first kappa shape index (κ1) is 19.2. The lowest BCUT2D eigenvalue weighted by molar-refractivity contribution is 0.602. The Kier molecular flexibility index (Phi) is 4.44. The van der Waals surface area contributed by atoms with Crippen LogP contribution >= 0.6 is 0 Å². The van der Waals surface area contributed by atoms with E-state index in [0.717, 1.165) is 27.8 Å². The number of hydrogen-bond donors (Lipinski definition) is 1. The number of nitrogens with zero attached hydrogens (tertiary/aromatic N) is 4. The van der Waals surface area contributed by atoms with Crippen LogP contribution in [0.4, 0.5) is 11.4 Å². The zero-order valence-electron chi connectivity index (χ0n) is 16.9. The van der Waals surface area contributed by atoms with Gasteiger partial charge in [0, 0.05) is 48.5 Å². The first-order valence-electron chi connectivity index (χ1n) is 9.63. The maximum atomic E-state index is 12.2. The highest BCUT2D eigenvalue weighted by Gasteiger charge is 2.15. The van der Waals surface area contributed by atoms with Crippen molar-refractivity contribution in [1.82, 2.24) is 19.5 Å². The Bertz CT molecular complexity index is 1560. The molecule has 0 aliphatic heterocycles. The predicted molar refractivity (Wildman–Crippen MR) is 122 cm³/mol. The van der Waals surface area contributed by atoms with Crippen LogP contribution in [0.5, 0.6) is 0 Å². The molecule has 3 aromatic heterocycles. The van der Waals surface area contributed by atoms with Gasteiger partial charge in [-0.25, -0.2) is 13.4 Å². The Morgan fingerprint density at radius 3 is 2.61 bits per heavy atom.